The molecule has 0 saturated heterocycles. The fourth-order valence-electron chi connectivity index (χ4n) is 2.27. The highest BCUT2D eigenvalue weighted by Crippen LogP contribution is 2.15. The second-order valence-corrected chi connectivity index (χ2v) is 5.44. The number of anilines is 1. The van der Waals surface area contributed by atoms with Gasteiger partial charge in [-0.3, -0.25) is 4.79 Å². The summed E-state index contributed by atoms with van der Waals surface area (Å²) < 4.78 is 0. The zero-order valence-electron chi connectivity index (χ0n) is 12.9. The second kappa shape index (κ2) is 6.93. The lowest BCUT2D eigenvalue weighted by molar-refractivity contribution is -0.119. The summed E-state index contributed by atoms with van der Waals surface area (Å²) >= 11 is 0. The molecule has 21 heavy (non-hydrogen) atoms. The van der Waals surface area contributed by atoms with Crippen molar-refractivity contribution in [2.45, 2.75) is 27.3 Å². The highest BCUT2D eigenvalue weighted by Gasteiger charge is 2.03. The van der Waals surface area contributed by atoms with Gasteiger partial charge in [0, 0.05) is 12.2 Å². The lowest BCUT2D eigenvalue weighted by Crippen LogP contribution is -2.29. The highest BCUT2D eigenvalue weighted by atomic mass is 16.1. The maximum absolute atomic E-state index is 11.9. The molecular formula is C18H22N2O. The van der Waals surface area contributed by atoms with E-state index in [1.807, 2.05) is 44.2 Å². The van der Waals surface area contributed by atoms with E-state index >= 15 is 0 Å². The molecule has 3 heteroatoms. The Morgan fingerprint density at radius 3 is 2.48 bits per heavy atom. The molecule has 2 aromatic carbocycles. The average Bonchev–Trinajstić information content (AvgIpc) is 2.44. The average molecular weight is 282 g/mol. The summed E-state index contributed by atoms with van der Waals surface area (Å²) in [5.41, 5.74) is 5.71. The summed E-state index contributed by atoms with van der Waals surface area (Å²) in [5, 5.41) is 6.10. The van der Waals surface area contributed by atoms with Crippen LogP contribution in [0.4, 0.5) is 5.69 Å². The largest absolute Gasteiger partial charge is 0.376 e. The number of carbonyl (C=O) groups is 1. The number of hydrogen-bond acceptors (Lipinski definition) is 2. The number of carbonyl (C=O) groups excluding carboxylic acids is 1. The van der Waals surface area contributed by atoms with E-state index in [2.05, 4.69) is 29.7 Å². The zero-order chi connectivity index (χ0) is 15.2. The minimum atomic E-state index is -0.00326. The first-order chi connectivity index (χ1) is 10.0. The molecule has 0 unspecified atom stereocenters. The van der Waals surface area contributed by atoms with Crippen molar-refractivity contribution in [3.05, 3.63) is 64.7 Å². The molecule has 0 aliphatic carbocycles. The predicted molar refractivity (Wildman–Crippen MR) is 87.4 cm³/mol. The van der Waals surface area contributed by atoms with Crippen LogP contribution < -0.4 is 10.6 Å². The quantitative estimate of drug-likeness (QED) is 0.883. The molecular weight excluding hydrogens is 260 g/mol. The third-order valence-corrected chi connectivity index (χ3v) is 3.39. The third kappa shape index (κ3) is 4.63. The van der Waals surface area contributed by atoms with Crippen LogP contribution in [0.25, 0.3) is 0 Å². The van der Waals surface area contributed by atoms with Crippen molar-refractivity contribution in [3.63, 3.8) is 0 Å². The van der Waals surface area contributed by atoms with Gasteiger partial charge in [0.05, 0.1) is 6.54 Å². The summed E-state index contributed by atoms with van der Waals surface area (Å²) in [6.45, 7) is 7.00. The number of rotatable bonds is 5. The Morgan fingerprint density at radius 1 is 1.00 bits per heavy atom. The number of amides is 1. The van der Waals surface area contributed by atoms with Crippen LogP contribution >= 0.6 is 0 Å². The Morgan fingerprint density at radius 2 is 1.76 bits per heavy atom. The van der Waals surface area contributed by atoms with E-state index in [1.54, 1.807) is 0 Å². The maximum Gasteiger partial charge on any atom is 0.239 e. The van der Waals surface area contributed by atoms with Crippen molar-refractivity contribution in [2.75, 3.05) is 11.9 Å². The number of nitrogens with one attached hydrogen (secondary N) is 2. The van der Waals surface area contributed by atoms with Crippen molar-refractivity contribution in [3.8, 4) is 0 Å². The van der Waals surface area contributed by atoms with Gasteiger partial charge in [0.2, 0.25) is 5.91 Å². The van der Waals surface area contributed by atoms with Crippen LogP contribution in [0.15, 0.2) is 42.5 Å². The summed E-state index contributed by atoms with van der Waals surface area (Å²) in [7, 11) is 0. The first-order valence-electron chi connectivity index (χ1n) is 7.18. The van der Waals surface area contributed by atoms with E-state index in [0.29, 0.717) is 6.54 Å². The molecule has 0 radical (unpaired) electrons. The van der Waals surface area contributed by atoms with Crippen LogP contribution in [0.3, 0.4) is 0 Å². The minimum absolute atomic E-state index is 0.00326. The standard InChI is InChI=1S/C18H22N2O/c1-13-5-4-6-16(10-13)11-20-18(21)12-19-17-8-7-14(2)9-15(17)3/h4-10,19H,11-12H2,1-3H3,(H,20,21). The van der Waals surface area contributed by atoms with Gasteiger partial charge in [-0.2, -0.15) is 0 Å². The van der Waals surface area contributed by atoms with Gasteiger partial charge in [-0.05, 0) is 38.0 Å². The molecule has 0 bridgehead atoms. The summed E-state index contributed by atoms with van der Waals surface area (Å²) in [6.07, 6.45) is 0. The molecule has 2 aromatic rings. The lowest BCUT2D eigenvalue weighted by Gasteiger charge is -2.11. The molecule has 2 rings (SSSR count). The molecule has 1 amide bonds. The van der Waals surface area contributed by atoms with Crippen LogP contribution in [0.2, 0.25) is 0 Å². The van der Waals surface area contributed by atoms with E-state index in [4.69, 9.17) is 0 Å². The Labute approximate surface area is 126 Å². The molecule has 3 nitrogen and oxygen atoms in total. The van der Waals surface area contributed by atoms with E-state index in [1.165, 1.54) is 11.1 Å². The summed E-state index contributed by atoms with van der Waals surface area (Å²) in [5.74, 6) is -0.00326. The first kappa shape index (κ1) is 15.1. The van der Waals surface area contributed by atoms with E-state index in [0.717, 1.165) is 16.8 Å². The van der Waals surface area contributed by atoms with Gasteiger partial charge in [-0.25, -0.2) is 0 Å². The van der Waals surface area contributed by atoms with Crippen LogP contribution in [-0.4, -0.2) is 12.5 Å². The SMILES string of the molecule is Cc1cccc(CNC(=O)CNc2ccc(C)cc2C)c1. The van der Waals surface area contributed by atoms with Crippen LogP contribution in [0.5, 0.6) is 0 Å². The van der Waals surface area contributed by atoms with Crippen molar-refractivity contribution < 1.29 is 4.79 Å². The summed E-state index contributed by atoms with van der Waals surface area (Å²) in [6, 6.07) is 14.3. The van der Waals surface area contributed by atoms with Gasteiger partial charge < -0.3 is 10.6 Å². The highest BCUT2D eigenvalue weighted by molar-refractivity contribution is 5.80. The Balaban J connectivity index is 1.82. The third-order valence-electron chi connectivity index (χ3n) is 3.39. The van der Waals surface area contributed by atoms with Crippen LogP contribution in [0.1, 0.15) is 22.3 Å². The van der Waals surface area contributed by atoms with Gasteiger partial charge in [0.25, 0.3) is 0 Å². The molecule has 110 valence electrons. The van der Waals surface area contributed by atoms with E-state index in [9.17, 15) is 4.79 Å². The molecule has 0 heterocycles. The molecule has 2 N–H and O–H groups in total. The molecule has 0 saturated carbocycles. The zero-order valence-corrected chi connectivity index (χ0v) is 12.9. The maximum atomic E-state index is 11.9. The predicted octanol–water partition coefficient (Wildman–Crippen LogP) is 3.34. The van der Waals surface area contributed by atoms with Gasteiger partial charge >= 0.3 is 0 Å². The van der Waals surface area contributed by atoms with Crippen LogP contribution in [-0.2, 0) is 11.3 Å². The molecule has 0 fully saturated rings. The number of aryl methyl sites for hydroxylation is 3. The first-order valence-corrected chi connectivity index (χ1v) is 7.18. The van der Waals surface area contributed by atoms with Gasteiger partial charge in [0.15, 0.2) is 0 Å². The summed E-state index contributed by atoms with van der Waals surface area (Å²) in [4.78, 5) is 11.9. The van der Waals surface area contributed by atoms with Gasteiger partial charge in [0.1, 0.15) is 0 Å². The van der Waals surface area contributed by atoms with Crippen molar-refractivity contribution in [1.82, 2.24) is 5.32 Å². The molecule has 0 aliphatic heterocycles. The Bertz CT molecular complexity index is 635. The minimum Gasteiger partial charge on any atom is -0.376 e. The molecule has 0 aliphatic rings. The van der Waals surface area contributed by atoms with Crippen molar-refractivity contribution in [2.24, 2.45) is 0 Å². The van der Waals surface area contributed by atoms with E-state index in [-0.39, 0.29) is 12.5 Å². The number of hydrogen-bond donors (Lipinski definition) is 2. The topological polar surface area (TPSA) is 41.1 Å². The van der Waals surface area contributed by atoms with Gasteiger partial charge in [-0.1, -0.05) is 47.5 Å². The van der Waals surface area contributed by atoms with Crippen molar-refractivity contribution in [1.29, 1.82) is 0 Å². The molecule has 0 atom stereocenters. The fourth-order valence-corrected chi connectivity index (χ4v) is 2.27. The molecule has 0 spiro atoms. The normalized spacial score (nSPS) is 10.2. The molecule has 0 aromatic heterocycles. The number of benzene rings is 2. The van der Waals surface area contributed by atoms with Crippen LogP contribution in [0, 0.1) is 20.8 Å². The Kier molecular flexibility index (Phi) is 4.99. The van der Waals surface area contributed by atoms with Crippen molar-refractivity contribution >= 4 is 11.6 Å². The Hall–Kier alpha value is -2.29. The monoisotopic (exact) mass is 282 g/mol. The van der Waals surface area contributed by atoms with E-state index < -0.39 is 0 Å². The van der Waals surface area contributed by atoms with Gasteiger partial charge in [-0.15, -0.1) is 0 Å². The smallest absolute Gasteiger partial charge is 0.239 e. The lowest BCUT2D eigenvalue weighted by atomic mass is 10.1. The second-order valence-electron chi connectivity index (χ2n) is 5.44. The fraction of sp³-hybridized carbons (Fsp3) is 0.278.